The standard InChI is InChI=1S/C21H25FN2O3/c1-4-24(5-2)17(20-7-6-10-26-20)12-23-13-18(25)21-14(3)16-11-15(22)8-9-19(16)27-21/h6-11,17,23H,4-5,12-13H2,1-3H3. The lowest BCUT2D eigenvalue weighted by molar-refractivity contribution is 0.0960. The molecule has 0 saturated heterocycles. The fourth-order valence-corrected chi connectivity index (χ4v) is 3.42. The Labute approximate surface area is 158 Å². The molecule has 0 spiro atoms. The van der Waals surface area contributed by atoms with Crippen LogP contribution in [0, 0.1) is 12.7 Å². The van der Waals surface area contributed by atoms with Gasteiger partial charge in [-0.1, -0.05) is 13.8 Å². The number of hydrogen-bond donors (Lipinski definition) is 1. The molecule has 0 radical (unpaired) electrons. The number of furan rings is 2. The van der Waals surface area contributed by atoms with Gasteiger partial charge in [0.15, 0.2) is 5.76 Å². The number of likely N-dealkylation sites (N-methyl/N-ethyl adjacent to an activating group) is 1. The molecule has 3 aromatic rings. The van der Waals surface area contributed by atoms with Crippen LogP contribution in [0.15, 0.2) is 45.4 Å². The Morgan fingerprint density at radius 3 is 2.70 bits per heavy atom. The molecular formula is C21H25FN2O3. The van der Waals surface area contributed by atoms with E-state index < -0.39 is 0 Å². The molecule has 1 atom stereocenters. The molecule has 2 aromatic heterocycles. The van der Waals surface area contributed by atoms with Gasteiger partial charge in [-0.2, -0.15) is 0 Å². The smallest absolute Gasteiger partial charge is 0.212 e. The van der Waals surface area contributed by atoms with Gasteiger partial charge >= 0.3 is 0 Å². The van der Waals surface area contributed by atoms with Gasteiger partial charge in [-0.05, 0) is 50.3 Å². The highest BCUT2D eigenvalue weighted by Gasteiger charge is 2.22. The fraction of sp³-hybridized carbons (Fsp3) is 0.381. The summed E-state index contributed by atoms with van der Waals surface area (Å²) in [5.74, 6) is 0.653. The average molecular weight is 372 g/mol. The third-order valence-corrected chi connectivity index (χ3v) is 4.90. The Hall–Kier alpha value is -2.44. The van der Waals surface area contributed by atoms with Gasteiger partial charge in [0.1, 0.15) is 17.2 Å². The van der Waals surface area contributed by atoms with Crippen LogP contribution in [-0.2, 0) is 0 Å². The molecule has 1 aromatic carbocycles. The Morgan fingerprint density at radius 2 is 2.04 bits per heavy atom. The summed E-state index contributed by atoms with van der Waals surface area (Å²) in [6, 6.07) is 8.14. The molecular weight excluding hydrogens is 347 g/mol. The van der Waals surface area contributed by atoms with Crippen molar-refractivity contribution in [1.29, 1.82) is 0 Å². The van der Waals surface area contributed by atoms with Crippen molar-refractivity contribution < 1.29 is 18.0 Å². The van der Waals surface area contributed by atoms with Crippen LogP contribution in [0.4, 0.5) is 4.39 Å². The molecule has 0 fully saturated rings. The first kappa shape index (κ1) is 19.3. The number of benzene rings is 1. The van der Waals surface area contributed by atoms with Crippen molar-refractivity contribution in [2.24, 2.45) is 0 Å². The fourth-order valence-electron chi connectivity index (χ4n) is 3.42. The zero-order valence-corrected chi connectivity index (χ0v) is 15.9. The minimum atomic E-state index is -0.343. The number of aryl methyl sites for hydroxylation is 1. The van der Waals surface area contributed by atoms with Crippen molar-refractivity contribution in [1.82, 2.24) is 10.2 Å². The maximum Gasteiger partial charge on any atom is 0.212 e. The molecule has 0 aliphatic carbocycles. The van der Waals surface area contributed by atoms with E-state index in [-0.39, 0.29) is 29.9 Å². The van der Waals surface area contributed by atoms with Gasteiger partial charge in [-0.15, -0.1) is 0 Å². The second-order valence-corrected chi connectivity index (χ2v) is 6.50. The van der Waals surface area contributed by atoms with Crippen molar-refractivity contribution in [2.75, 3.05) is 26.2 Å². The number of ketones is 1. The highest BCUT2D eigenvalue weighted by atomic mass is 19.1. The molecule has 2 heterocycles. The zero-order valence-electron chi connectivity index (χ0n) is 15.9. The molecule has 0 aliphatic heterocycles. The summed E-state index contributed by atoms with van der Waals surface area (Å²) in [5.41, 5.74) is 1.19. The van der Waals surface area contributed by atoms with Gasteiger partial charge in [-0.3, -0.25) is 9.69 Å². The average Bonchev–Trinajstić information content (AvgIpc) is 3.30. The van der Waals surface area contributed by atoms with Gasteiger partial charge < -0.3 is 14.2 Å². The lowest BCUT2D eigenvalue weighted by Gasteiger charge is -2.28. The number of carbonyl (C=O) groups is 1. The van der Waals surface area contributed by atoms with Gasteiger partial charge in [0.2, 0.25) is 5.78 Å². The first-order valence-corrected chi connectivity index (χ1v) is 9.25. The van der Waals surface area contributed by atoms with Gasteiger partial charge in [0.05, 0.1) is 18.8 Å². The van der Waals surface area contributed by atoms with Crippen molar-refractivity contribution in [3.05, 3.63) is 59.5 Å². The van der Waals surface area contributed by atoms with Crippen LogP contribution in [0.3, 0.4) is 0 Å². The number of nitrogens with one attached hydrogen (secondary N) is 1. The molecule has 1 N–H and O–H groups in total. The predicted molar refractivity (Wildman–Crippen MR) is 102 cm³/mol. The van der Waals surface area contributed by atoms with Gasteiger partial charge in [-0.25, -0.2) is 4.39 Å². The summed E-state index contributed by atoms with van der Waals surface area (Å²) in [7, 11) is 0. The number of nitrogens with zero attached hydrogens (tertiary/aromatic N) is 1. The second-order valence-electron chi connectivity index (χ2n) is 6.50. The normalized spacial score (nSPS) is 12.8. The molecule has 3 rings (SSSR count). The Bertz CT molecular complexity index is 898. The second kappa shape index (κ2) is 8.50. The lowest BCUT2D eigenvalue weighted by Crippen LogP contribution is -2.37. The lowest BCUT2D eigenvalue weighted by atomic mass is 10.1. The minimum Gasteiger partial charge on any atom is -0.468 e. The maximum atomic E-state index is 13.4. The number of hydrogen-bond acceptors (Lipinski definition) is 5. The molecule has 0 amide bonds. The van der Waals surface area contributed by atoms with E-state index in [2.05, 4.69) is 24.1 Å². The van der Waals surface area contributed by atoms with Crippen molar-refractivity contribution in [3.8, 4) is 0 Å². The quantitative estimate of drug-likeness (QED) is 0.567. The van der Waals surface area contributed by atoms with E-state index in [1.807, 2.05) is 12.1 Å². The SMILES string of the molecule is CCN(CC)C(CNCC(=O)c1oc2ccc(F)cc2c1C)c1ccco1. The maximum absolute atomic E-state index is 13.4. The Morgan fingerprint density at radius 1 is 1.26 bits per heavy atom. The highest BCUT2D eigenvalue weighted by molar-refractivity contribution is 6.01. The number of halogens is 1. The summed E-state index contributed by atoms with van der Waals surface area (Å²) in [6.45, 7) is 8.46. The first-order valence-electron chi connectivity index (χ1n) is 9.25. The van der Waals surface area contributed by atoms with Gasteiger partial charge in [0, 0.05) is 17.5 Å². The molecule has 144 valence electrons. The van der Waals surface area contributed by atoms with E-state index in [4.69, 9.17) is 8.83 Å². The van der Waals surface area contributed by atoms with Crippen LogP contribution in [0.1, 0.15) is 41.8 Å². The van der Waals surface area contributed by atoms with Crippen LogP contribution in [-0.4, -0.2) is 36.9 Å². The number of rotatable bonds is 9. The Kier molecular flexibility index (Phi) is 6.08. The summed E-state index contributed by atoms with van der Waals surface area (Å²) in [6.07, 6.45) is 1.66. The largest absolute Gasteiger partial charge is 0.468 e. The van der Waals surface area contributed by atoms with Crippen molar-refractivity contribution in [2.45, 2.75) is 26.8 Å². The van der Waals surface area contributed by atoms with Crippen LogP contribution < -0.4 is 5.32 Å². The summed E-state index contributed by atoms with van der Waals surface area (Å²) in [5, 5.41) is 3.85. The number of fused-ring (bicyclic) bond motifs is 1. The first-order chi connectivity index (χ1) is 13.0. The van der Waals surface area contributed by atoms with Crippen LogP contribution in [0.2, 0.25) is 0 Å². The number of Topliss-reactive ketones (excluding diaryl/α,β-unsaturated/α-hetero) is 1. The van der Waals surface area contributed by atoms with E-state index in [1.165, 1.54) is 12.1 Å². The predicted octanol–water partition coefficient (Wildman–Crippen LogP) is 4.33. The third kappa shape index (κ3) is 4.12. The molecule has 1 unspecified atom stereocenters. The Balaban J connectivity index is 1.69. The third-order valence-electron chi connectivity index (χ3n) is 4.90. The molecule has 0 aliphatic rings. The molecule has 0 bridgehead atoms. The topological polar surface area (TPSA) is 58.6 Å². The van der Waals surface area contributed by atoms with E-state index in [0.29, 0.717) is 23.1 Å². The van der Waals surface area contributed by atoms with Crippen LogP contribution in [0.5, 0.6) is 0 Å². The molecule has 27 heavy (non-hydrogen) atoms. The summed E-state index contributed by atoms with van der Waals surface area (Å²) >= 11 is 0. The minimum absolute atomic E-state index is 0.0497. The van der Waals surface area contributed by atoms with Crippen LogP contribution >= 0.6 is 0 Å². The van der Waals surface area contributed by atoms with E-state index in [9.17, 15) is 9.18 Å². The monoisotopic (exact) mass is 372 g/mol. The van der Waals surface area contributed by atoms with Crippen molar-refractivity contribution >= 4 is 16.8 Å². The summed E-state index contributed by atoms with van der Waals surface area (Å²) in [4.78, 5) is 14.9. The van der Waals surface area contributed by atoms with Crippen molar-refractivity contribution in [3.63, 3.8) is 0 Å². The highest BCUT2D eigenvalue weighted by Crippen LogP contribution is 2.26. The van der Waals surface area contributed by atoms with E-state index >= 15 is 0 Å². The van der Waals surface area contributed by atoms with Crippen LogP contribution in [0.25, 0.3) is 11.0 Å². The molecule has 0 saturated carbocycles. The number of carbonyl (C=O) groups excluding carboxylic acids is 1. The van der Waals surface area contributed by atoms with E-state index in [1.54, 1.807) is 19.3 Å². The summed E-state index contributed by atoms with van der Waals surface area (Å²) < 4.78 is 24.7. The van der Waals surface area contributed by atoms with E-state index in [0.717, 1.165) is 18.8 Å². The zero-order chi connectivity index (χ0) is 19.4. The molecule has 5 nitrogen and oxygen atoms in total. The molecule has 6 heteroatoms. The van der Waals surface area contributed by atoms with Gasteiger partial charge in [0.25, 0.3) is 0 Å².